The number of carbonyl (C=O) groups is 1. The van der Waals surface area contributed by atoms with E-state index in [0.29, 0.717) is 50.5 Å². The largest absolute Gasteiger partial charge is 0.462 e. The number of benzene rings is 4. The van der Waals surface area contributed by atoms with E-state index < -0.39 is 11.6 Å². The minimum absolute atomic E-state index is 0.137. The summed E-state index contributed by atoms with van der Waals surface area (Å²) in [5.41, 5.74) is 8.00. The lowest BCUT2D eigenvalue weighted by Crippen LogP contribution is -2.58. The number of aromatic amines is 1. The van der Waals surface area contributed by atoms with Crippen molar-refractivity contribution in [2.45, 2.75) is 56.8 Å². The summed E-state index contributed by atoms with van der Waals surface area (Å²) in [7, 11) is 2.15. The molecule has 0 radical (unpaired) electrons. The van der Waals surface area contributed by atoms with Gasteiger partial charge in [-0.15, -0.1) is 0 Å². The topological polar surface area (TPSA) is 121 Å². The number of nitrogens with zero attached hydrogens (tertiary/aromatic N) is 9. The lowest BCUT2D eigenvalue weighted by Gasteiger charge is -2.48. The van der Waals surface area contributed by atoms with Gasteiger partial charge in [-0.3, -0.25) is 9.89 Å². The Morgan fingerprint density at radius 3 is 2.25 bits per heavy atom. The number of likely N-dealkylation sites (tertiary alicyclic amines) is 1. The van der Waals surface area contributed by atoms with Crippen LogP contribution < -0.4 is 14.5 Å². The highest BCUT2D eigenvalue weighted by Crippen LogP contribution is 2.46. The minimum atomic E-state index is -0.917. The molecule has 328 valence electrons. The first-order chi connectivity index (χ1) is 31.9. The third-order valence-corrected chi connectivity index (χ3v) is 13.7. The number of nitrogens with one attached hydrogen (secondary N) is 1. The van der Waals surface area contributed by atoms with E-state index in [0.717, 1.165) is 82.7 Å². The summed E-state index contributed by atoms with van der Waals surface area (Å²) in [5, 5.41) is 19.0. The smallest absolute Gasteiger partial charge is 0.318 e. The Labute approximate surface area is 380 Å². The Morgan fingerprint density at radius 1 is 0.846 bits per heavy atom. The van der Waals surface area contributed by atoms with Gasteiger partial charge < -0.3 is 29.2 Å². The molecule has 2 saturated heterocycles. The van der Waals surface area contributed by atoms with Crippen LogP contribution in [0.1, 0.15) is 52.8 Å². The van der Waals surface area contributed by atoms with Crippen LogP contribution in [0.3, 0.4) is 0 Å². The van der Waals surface area contributed by atoms with Crippen molar-refractivity contribution < 1.29 is 9.53 Å². The summed E-state index contributed by atoms with van der Waals surface area (Å²) in [6, 6.07) is 38.1. The van der Waals surface area contributed by atoms with Crippen molar-refractivity contribution in [3.63, 3.8) is 0 Å². The Balaban J connectivity index is 0.999. The quantitative estimate of drug-likeness (QED) is 0.129. The predicted molar refractivity (Wildman–Crippen MR) is 254 cm³/mol. The van der Waals surface area contributed by atoms with E-state index in [4.69, 9.17) is 14.7 Å². The third kappa shape index (κ3) is 7.80. The summed E-state index contributed by atoms with van der Waals surface area (Å²) in [6.45, 7) is 6.43. The van der Waals surface area contributed by atoms with Crippen molar-refractivity contribution in [3.05, 3.63) is 179 Å². The molecule has 65 heavy (non-hydrogen) atoms. The molecule has 0 spiro atoms. The normalized spacial score (nSPS) is 18.9. The molecule has 2 fully saturated rings. The number of ether oxygens (including phenoxy) is 1. The van der Waals surface area contributed by atoms with E-state index in [-0.39, 0.29) is 12.3 Å². The number of hydrogen-bond donors (Lipinski definition) is 1. The van der Waals surface area contributed by atoms with Gasteiger partial charge in [0.2, 0.25) is 0 Å². The fourth-order valence-corrected chi connectivity index (χ4v) is 10.5. The summed E-state index contributed by atoms with van der Waals surface area (Å²) in [6.07, 6.45) is 14.8. The van der Waals surface area contributed by atoms with Crippen LogP contribution >= 0.6 is 0 Å². The fourth-order valence-electron chi connectivity index (χ4n) is 10.5. The molecule has 12 heteroatoms. The summed E-state index contributed by atoms with van der Waals surface area (Å²) in [4.78, 5) is 36.9. The van der Waals surface area contributed by atoms with E-state index >= 15 is 4.79 Å². The van der Waals surface area contributed by atoms with Gasteiger partial charge in [0.15, 0.2) is 0 Å². The van der Waals surface area contributed by atoms with Gasteiger partial charge in [-0.2, -0.15) is 20.3 Å². The number of amides is 1. The first-order valence-corrected chi connectivity index (χ1v) is 22.8. The average molecular weight is 863 g/mol. The van der Waals surface area contributed by atoms with Crippen LogP contribution in [-0.2, 0) is 23.3 Å². The van der Waals surface area contributed by atoms with Crippen LogP contribution in [-0.4, -0.2) is 99.2 Å². The summed E-state index contributed by atoms with van der Waals surface area (Å²) >= 11 is 0. The molecular weight excluding hydrogens is 809 g/mol. The van der Waals surface area contributed by atoms with E-state index in [1.807, 2.05) is 59.8 Å². The lowest BCUT2D eigenvalue weighted by molar-refractivity contribution is -0.131. The van der Waals surface area contributed by atoms with Gasteiger partial charge in [-0.25, -0.2) is 0 Å². The van der Waals surface area contributed by atoms with Gasteiger partial charge in [-0.1, -0.05) is 109 Å². The standard InChI is InChI=1S/C53H54N10O2/c1-38-24-25-46-45(34-55-58-46)49(38)60-31-27-44-47(36-60)56-52(65-37-43-22-15-29-59(43)2)57-50(44)61-32-33-62(42(35-61)26-28-54)51(64)48-23-13-6-14-30-63(48)53(39-16-7-3-8-17-39,40-18-9-4-10-19-40)41-20-11-5-12-21-41/h3-14,16-21,23-25,30,34,42-43H,15,22,26-27,29,31-33,35-37H2,1-2H3,(H,55,58)/t42-,43-/m0/s1. The van der Waals surface area contributed by atoms with Crippen molar-refractivity contribution in [3.8, 4) is 12.1 Å². The molecule has 0 aliphatic carbocycles. The van der Waals surface area contributed by atoms with Gasteiger partial charge in [0, 0.05) is 49.4 Å². The zero-order chi connectivity index (χ0) is 44.3. The molecule has 0 bridgehead atoms. The van der Waals surface area contributed by atoms with Crippen LogP contribution in [0, 0.1) is 18.3 Å². The second-order valence-electron chi connectivity index (χ2n) is 17.5. The van der Waals surface area contributed by atoms with Crippen LogP contribution in [0.4, 0.5) is 11.5 Å². The summed E-state index contributed by atoms with van der Waals surface area (Å²) < 4.78 is 6.49. The molecule has 6 heterocycles. The first-order valence-electron chi connectivity index (χ1n) is 22.8. The monoisotopic (exact) mass is 862 g/mol. The van der Waals surface area contributed by atoms with Crippen molar-refractivity contribution in [1.29, 1.82) is 5.26 Å². The minimum Gasteiger partial charge on any atom is -0.462 e. The first kappa shape index (κ1) is 41.8. The van der Waals surface area contributed by atoms with Gasteiger partial charge >= 0.3 is 6.01 Å². The second kappa shape index (κ2) is 18.1. The van der Waals surface area contributed by atoms with Crippen molar-refractivity contribution in [2.24, 2.45) is 0 Å². The second-order valence-corrected chi connectivity index (χ2v) is 17.5. The van der Waals surface area contributed by atoms with Crippen molar-refractivity contribution in [1.82, 2.24) is 34.9 Å². The lowest BCUT2D eigenvalue weighted by atomic mass is 9.75. The van der Waals surface area contributed by atoms with E-state index in [1.165, 1.54) is 5.56 Å². The number of likely N-dealkylation sites (N-methyl/N-ethyl adjacent to an activating group) is 1. The highest BCUT2D eigenvalue weighted by atomic mass is 16.5. The van der Waals surface area contributed by atoms with Crippen LogP contribution in [0.5, 0.6) is 6.01 Å². The molecule has 2 aromatic heterocycles. The Kier molecular flexibility index (Phi) is 11.6. The number of aromatic nitrogens is 4. The number of aryl methyl sites for hydroxylation is 1. The molecule has 4 aromatic carbocycles. The van der Waals surface area contributed by atoms with Gasteiger partial charge in [0.05, 0.1) is 48.2 Å². The Hall–Kier alpha value is -7.23. The number of carbonyl (C=O) groups excluding carboxylic acids is 1. The molecule has 0 unspecified atom stereocenters. The maximum Gasteiger partial charge on any atom is 0.318 e. The number of allylic oxidation sites excluding steroid dienone is 4. The number of fused-ring (bicyclic) bond motifs is 2. The number of piperazine rings is 1. The highest BCUT2D eigenvalue weighted by molar-refractivity contribution is 5.95. The van der Waals surface area contributed by atoms with Crippen LogP contribution in [0.15, 0.2) is 146 Å². The van der Waals surface area contributed by atoms with Crippen molar-refractivity contribution in [2.75, 3.05) is 56.2 Å². The molecule has 6 aromatic rings. The van der Waals surface area contributed by atoms with Crippen LogP contribution in [0.2, 0.25) is 0 Å². The molecule has 10 rings (SSSR count). The number of rotatable bonds is 11. The SMILES string of the molecule is Cc1ccc2[nH]ncc2c1N1CCc2c(nc(OC[C@@H]3CCCN3C)nc2N2CCN(C(=O)C3=CC=CC=CN3C(c3ccccc3)(c3ccccc3)c3ccccc3)[C@@H](CC#N)C2)C1. The van der Waals surface area contributed by atoms with E-state index in [2.05, 4.69) is 135 Å². The van der Waals surface area contributed by atoms with E-state index in [1.54, 1.807) is 0 Å². The number of anilines is 2. The van der Waals surface area contributed by atoms with Crippen molar-refractivity contribution >= 4 is 28.3 Å². The summed E-state index contributed by atoms with van der Waals surface area (Å²) in [5.74, 6) is 0.692. The maximum absolute atomic E-state index is 15.5. The molecule has 12 nitrogen and oxygen atoms in total. The number of nitriles is 1. The highest BCUT2D eigenvalue weighted by Gasteiger charge is 2.46. The molecule has 1 N–H and O–H groups in total. The number of H-pyrrole nitrogens is 1. The molecule has 4 aliphatic rings. The van der Waals surface area contributed by atoms with E-state index in [9.17, 15) is 5.26 Å². The molecule has 2 atom stereocenters. The molecule has 4 aliphatic heterocycles. The zero-order valence-corrected chi connectivity index (χ0v) is 37.1. The zero-order valence-electron chi connectivity index (χ0n) is 37.1. The molecular formula is C53H54N10O2. The fraction of sp³-hybridized carbons (Fsp3) is 0.302. The number of hydrogen-bond acceptors (Lipinski definition) is 10. The molecule has 0 saturated carbocycles. The van der Waals surface area contributed by atoms with Gasteiger partial charge in [0.1, 0.15) is 23.7 Å². The average Bonchev–Trinajstić information content (AvgIpc) is 3.93. The third-order valence-electron chi connectivity index (χ3n) is 13.7. The molecule has 1 amide bonds. The Morgan fingerprint density at radius 2 is 1.57 bits per heavy atom. The predicted octanol–water partition coefficient (Wildman–Crippen LogP) is 7.89. The Bertz CT molecular complexity index is 2700. The van der Waals surface area contributed by atoms with Gasteiger partial charge in [-0.05, 0) is 80.3 Å². The van der Waals surface area contributed by atoms with Crippen LogP contribution in [0.25, 0.3) is 10.9 Å². The van der Waals surface area contributed by atoms with Gasteiger partial charge in [0.25, 0.3) is 5.91 Å². The maximum atomic E-state index is 15.5.